The van der Waals surface area contributed by atoms with Gasteiger partial charge in [-0.1, -0.05) is 0 Å². The molecule has 0 atom stereocenters. The van der Waals surface area contributed by atoms with Crippen molar-refractivity contribution >= 4 is 11.1 Å². The summed E-state index contributed by atoms with van der Waals surface area (Å²) in [6, 6.07) is 6.60. The second kappa shape index (κ2) is 2.52. The van der Waals surface area contributed by atoms with Crippen LogP contribution in [0.1, 0.15) is 5.89 Å². The Bertz CT molecular complexity index is 406. The van der Waals surface area contributed by atoms with Crippen LogP contribution in [0.3, 0.4) is 0 Å². The number of fused-ring (bicyclic) bond motifs is 1. The molecule has 3 heteroatoms. The molecule has 0 aliphatic rings. The second-order valence-corrected chi connectivity index (χ2v) is 2.47. The van der Waals surface area contributed by atoms with Gasteiger partial charge in [0.25, 0.3) is 0 Å². The van der Waals surface area contributed by atoms with Crippen LogP contribution in [0.2, 0.25) is 0 Å². The smallest absolute Gasteiger partial charge is 0.192 e. The van der Waals surface area contributed by atoms with Crippen molar-refractivity contribution in [2.24, 2.45) is 0 Å². The average molecular weight is 162 g/mol. The minimum absolute atomic E-state index is 0.645. The number of aromatic nitrogens is 1. The van der Waals surface area contributed by atoms with E-state index in [1.54, 1.807) is 14.0 Å². The lowest BCUT2D eigenvalue weighted by molar-refractivity contribution is 0.413. The standard InChI is InChI=1S/C9H8NO2/c1-6-10-8-4-3-7(11-2)5-9(8)12-6/h3-4H,1-2H3. The van der Waals surface area contributed by atoms with Gasteiger partial charge in [0.05, 0.1) is 13.2 Å². The van der Waals surface area contributed by atoms with Crippen molar-refractivity contribution in [2.75, 3.05) is 7.11 Å². The van der Waals surface area contributed by atoms with E-state index in [0.717, 1.165) is 5.52 Å². The first kappa shape index (κ1) is 7.16. The van der Waals surface area contributed by atoms with Gasteiger partial charge >= 0.3 is 0 Å². The van der Waals surface area contributed by atoms with Gasteiger partial charge in [0, 0.05) is 6.92 Å². The fraction of sp³-hybridized carbons (Fsp3) is 0.222. The largest absolute Gasteiger partial charge is 0.496 e. The first-order chi connectivity index (χ1) is 5.79. The van der Waals surface area contributed by atoms with Crippen LogP contribution in [0.25, 0.3) is 11.1 Å². The lowest BCUT2D eigenvalue weighted by atomic mass is 10.3. The summed E-state index contributed by atoms with van der Waals surface area (Å²) in [6.45, 7) is 1.81. The molecule has 1 aromatic carbocycles. The summed E-state index contributed by atoms with van der Waals surface area (Å²) in [7, 11) is 1.60. The summed E-state index contributed by atoms with van der Waals surface area (Å²) in [5.41, 5.74) is 1.46. The summed E-state index contributed by atoms with van der Waals surface area (Å²) in [4.78, 5) is 4.14. The Morgan fingerprint density at radius 2 is 2.33 bits per heavy atom. The maximum absolute atomic E-state index is 5.26. The Morgan fingerprint density at radius 3 is 3.08 bits per heavy atom. The van der Waals surface area contributed by atoms with Gasteiger partial charge in [-0.15, -0.1) is 0 Å². The van der Waals surface area contributed by atoms with Crippen LogP contribution in [0.4, 0.5) is 0 Å². The van der Waals surface area contributed by atoms with E-state index in [4.69, 9.17) is 9.15 Å². The second-order valence-electron chi connectivity index (χ2n) is 2.47. The molecule has 0 spiro atoms. The predicted molar refractivity (Wildman–Crippen MR) is 44.1 cm³/mol. The molecule has 0 amide bonds. The number of hydrogen-bond donors (Lipinski definition) is 0. The Morgan fingerprint density at radius 1 is 1.50 bits per heavy atom. The Labute approximate surface area is 70.0 Å². The molecule has 1 heterocycles. The van der Waals surface area contributed by atoms with Crippen molar-refractivity contribution < 1.29 is 9.15 Å². The third kappa shape index (κ3) is 1.03. The van der Waals surface area contributed by atoms with E-state index in [1.165, 1.54) is 0 Å². The zero-order valence-electron chi connectivity index (χ0n) is 6.92. The molecule has 61 valence electrons. The van der Waals surface area contributed by atoms with Crippen molar-refractivity contribution in [3.63, 3.8) is 0 Å². The van der Waals surface area contributed by atoms with Crippen LogP contribution >= 0.6 is 0 Å². The predicted octanol–water partition coefficient (Wildman–Crippen LogP) is 1.95. The monoisotopic (exact) mass is 162 g/mol. The lowest BCUT2D eigenvalue weighted by Gasteiger charge is -1.94. The van der Waals surface area contributed by atoms with Crippen molar-refractivity contribution in [1.82, 2.24) is 4.98 Å². The number of hydrogen-bond acceptors (Lipinski definition) is 3. The molecule has 0 saturated heterocycles. The molecule has 0 saturated carbocycles. The molecule has 2 aromatic rings. The van der Waals surface area contributed by atoms with Crippen LogP contribution in [0.5, 0.6) is 5.75 Å². The van der Waals surface area contributed by atoms with Crippen LogP contribution in [0, 0.1) is 13.0 Å². The van der Waals surface area contributed by atoms with Gasteiger partial charge in [-0.05, 0) is 12.1 Å². The SMILES string of the molecule is COc1[c]c2oc(C)nc2cc1. The number of rotatable bonds is 1. The summed E-state index contributed by atoms with van der Waals surface area (Å²) in [6.07, 6.45) is 0. The van der Waals surface area contributed by atoms with E-state index in [9.17, 15) is 0 Å². The maximum atomic E-state index is 5.26. The van der Waals surface area contributed by atoms with E-state index >= 15 is 0 Å². The third-order valence-corrected chi connectivity index (χ3v) is 1.61. The van der Waals surface area contributed by atoms with E-state index < -0.39 is 0 Å². The lowest BCUT2D eigenvalue weighted by Crippen LogP contribution is -1.81. The minimum atomic E-state index is 0.645. The fourth-order valence-corrected chi connectivity index (χ4v) is 1.07. The fourth-order valence-electron chi connectivity index (χ4n) is 1.07. The molecule has 0 fully saturated rings. The molecule has 0 bridgehead atoms. The molecule has 1 aromatic heterocycles. The molecule has 0 aliphatic carbocycles. The molecule has 1 radical (unpaired) electrons. The minimum Gasteiger partial charge on any atom is -0.496 e. The number of nitrogens with zero attached hydrogens (tertiary/aromatic N) is 1. The highest BCUT2D eigenvalue weighted by molar-refractivity contribution is 5.73. The summed E-state index contributed by atoms with van der Waals surface area (Å²) in [5.74, 6) is 1.31. The Balaban J connectivity index is 2.66. The van der Waals surface area contributed by atoms with Gasteiger partial charge in [-0.2, -0.15) is 0 Å². The normalized spacial score (nSPS) is 10.5. The van der Waals surface area contributed by atoms with Crippen LogP contribution in [-0.2, 0) is 0 Å². The first-order valence-corrected chi connectivity index (χ1v) is 3.63. The Hall–Kier alpha value is -1.51. The molecule has 12 heavy (non-hydrogen) atoms. The number of ether oxygens (including phenoxy) is 1. The Kier molecular flexibility index (Phi) is 1.50. The van der Waals surface area contributed by atoms with E-state index in [1.807, 2.05) is 12.1 Å². The van der Waals surface area contributed by atoms with Gasteiger partial charge < -0.3 is 9.15 Å². The van der Waals surface area contributed by atoms with Crippen LogP contribution in [0.15, 0.2) is 16.5 Å². The van der Waals surface area contributed by atoms with Gasteiger partial charge in [-0.3, -0.25) is 0 Å². The topological polar surface area (TPSA) is 35.3 Å². The highest BCUT2D eigenvalue weighted by Crippen LogP contribution is 2.19. The summed E-state index contributed by atoms with van der Waals surface area (Å²) < 4.78 is 10.3. The number of methoxy groups -OCH3 is 1. The van der Waals surface area contributed by atoms with Gasteiger partial charge in [0.15, 0.2) is 11.5 Å². The molecule has 2 rings (SSSR count). The zero-order chi connectivity index (χ0) is 8.55. The van der Waals surface area contributed by atoms with E-state index in [-0.39, 0.29) is 0 Å². The molecular weight excluding hydrogens is 154 g/mol. The summed E-state index contributed by atoms with van der Waals surface area (Å²) >= 11 is 0. The average Bonchev–Trinajstić information content (AvgIpc) is 2.43. The molecular formula is C9H8NO2. The number of oxazole rings is 1. The molecule has 0 unspecified atom stereocenters. The first-order valence-electron chi connectivity index (χ1n) is 3.63. The molecule has 0 N–H and O–H groups in total. The highest BCUT2D eigenvalue weighted by Gasteiger charge is 2.02. The zero-order valence-corrected chi connectivity index (χ0v) is 6.92. The molecule has 0 aliphatic heterocycles. The van der Waals surface area contributed by atoms with Crippen LogP contribution < -0.4 is 4.74 Å². The van der Waals surface area contributed by atoms with Crippen LogP contribution in [-0.4, -0.2) is 12.1 Å². The maximum Gasteiger partial charge on any atom is 0.192 e. The van der Waals surface area contributed by atoms with Gasteiger partial charge in [0.2, 0.25) is 0 Å². The van der Waals surface area contributed by atoms with Crippen molar-refractivity contribution in [3.05, 3.63) is 24.1 Å². The van der Waals surface area contributed by atoms with E-state index in [2.05, 4.69) is 11.1 Å². The quantitative estimate of drug-likeness (QED) is 0.642. The van der Waals surface area contributed by atoms with Crippen molar-refractivity contribution in [2.45, 2.75) is 6.92 Å². The number of benzene rings is 1. The van der Waals surface area contributed by atoms with Gasteiger partial charge in [-0.25, -0.2) is 4.98 Å². The molecule has 3 nitrogen and oxygen atoms in total. The van der Waals surface area contributed by atoms with Gasteiger partial charge in [0.1, 0.15) is 11.3 Å². The third-order valence-electron chi connectivity index (χ3n) is 1.61. The van der Waals surface area contributed by atoms with E-state index in [0.29, 0.717) is 17.2 Å². The van der Waals surface area contributed by atoms with Crippen molar-refractivity contribution in [1.29, 1.82) is 0 Å². The number of aryl methyl sites for hydroxylation is 1. The van der Waals surface area contributed by atoms with Crippen molar-refractivity contribution in [3.8, 4) is 5.75 Å². The highest BCUT2D eigenvalue weighted by atomic mass is 16.5. The summed E-state index contributed by atoms with van der Waals surface area (Å²) in [5, 5.41) is 0.